The average molecular weight is 564 g/mol. The van der Waals surface area contributed by atoms with Gasteiger partial charge in [-0.1, -0.05) is 49.7 Å². The minimum atomic E-state index is -5.08. The zero-order chi connectivity index (χ0) is 28.5. The second-order valence-corrected chi connectivity index (χ2v) is 10.7. The van der Waals surface area contributed by atoms with Crippen LogP contribution in [-0.2, 0) is 17.6 Å². The number of pyridine rings is 1. The van der Waals surface area contributed by atoms with Gasteiger partial charge in [-0.3, -0.25) is 4.79 Å². The number of aliphatic carboxylic acids is 1. The lowest BCUT2D eigenvalue weighted by atomic mass is 9.89. The van der Waals surface area contributed by atoms with E-state index in [0.29, 0.717) is 29.3 Å². The van der Waals surface area contributed by atoms with E-state index in [9.17, 15) is 18.0 Å². The van der Waals surface area contributed by atoms with Crippen molar-refractivity contribution >= 4 is 34.6 Å². The lowest BCUT2D eigenvalue weighted by Crippen LogP contribution is -2.40. The van der Waals surface area contributed by atoms with Crippen LogP contribution in [0.25, 0.3) is 11.1 Å². The van der Waals surface area contributed by atoms with Crippen molar-refractivity contribution in [2.75, 3.05) is 6.54 Å². The zero-order valence-electron chi connectivity index (χ0n) is 21.2. The number of fused-ring (bicyclic) bond motifs is 2. The van der Waals surface area contributed by atoms with Crippen LogP contribution in [0, 0.1) is 5.41 Å². The molecule has 13 heteroatoms. The Labute approximate surface area is 226 Å². The van der Waals surface area contributed by atoms with Crippen LogP contribution in [0.3, 0.4) is 0 Å². The van der Waals surface area contributed by atoms with Gasteiger partial charge in [0.1, 0.15) is 6.04 Å². The predicted molar refractivity (Wildman–Crippen MR) is 135 cm³/mol. The first-order chi connectivity index (χ1) is 18.2. The molecule has 5 rings (SSSR count). The number of aromatic amines is 1. The van der Waals surface area contributed by atoms with Crippen molar-refractivity contribution in [1.82, 2.24) is 25.0 Å². The van der Waals surface area contributed by atoms with E-state index in [-0.39, 0.29) is 17.4 Å². The largest absolute Gasteiger partial charge is 0.490 e. The summed E-state index contributed by atoms with van der Waals surface area (Å²) in [5, 5.41) is 12.8. The number of aromatic nitrogens is 4. The molecule has 4 heterocycles. The van der Waals surface area contributed by atoms with Crippen LogP contribution in [0.4, 0.5) is 13.2 Å². The van der Waals surface area contributed by atoms with E-state index in [2.05, 4.69) is 40.9 Å². The van der Waals surface area contributed by atoms with E-state index >= 15 is 0 Å². The molecule has 0 aliphatic carbocycles. The van der Waals surface area contributed by atoms with Gasteiger partial charge >= 0.3 is 12.1 Å². The molecule has 1 atom stereocenters. The Hall–Kier alpha value is -3.93. The molecule has 9 nitrogen and oxygen atoms in total. The molecule has 1 unspecified atom stereocenters. The van der Waals surface area contributed by atoms with Gasteiger partial charge in [0.15, 0.2) is 0 Å². The fourth-order valence-electron chi connectivity index (χ4n) is 4.27. The van der Waals surface area contributed by atoms with Crippen molar-refractivity contribution in [2.24, 2.45) is 5.41 Å². The molecule has 1 amide bonds. The smallest absolute Gasteiger partial charge is 0.475 e. The van der Waals surface area contributed by atoms with Crippen molar-refractivity contribution < 1.29 is 32.4 Å². The highest BCUT2D eigenvalue weighted by atomic mass is 35.5. The van der Waals surface area contributed by atoms with Gasteiger partial charge in [-0.2, -0.15) is 13.2 Å². The number of carboxylic acids is 1. The SMILES string of the molecule is CC(C)(C)Cc1noc2ncc(C(=O)N3CCc4[nH]cnc4C3c3ccc(Cl)cc3)cc12.O=C(O)C(F)(F)F. The van der Waals surface area contributed by atoms with E-state index in [1.807, 2.05) is 35.2 Å². The van der Waals surface area contributed by atoms with E-state index < -0.39 is 12.1 Å². The number of H-pyrrole nitrogens is 1. The summed E-state index contributed by atoms with van der Waals surface area (Å²) < 4.78 is 37.1. The highest BCUT2D eigenvalue weighted by Crippen LogP contribution is 2.35. The second-order valence-electron chi connectivity index (χ2n) is 10.2. The number of carbonyl (C=O) groups excluding carboxylic acids is 1. The van der Waals surface area contributed by atoms with Crippen LogP contribution >= 0.6 is 11.6 Å². The van der Waals surface area contributed by atoms with Gasteiger partial charge in [0.05, 0.1) is 28.7 Å². The number of carbonyl (C=O) groups is 2. The molecule has 0 bridgehead atoms. The Bertz CT molecular complexity index is 1490. The van der Waals surface area contributed by atoms with Crippen molar-refractivity contribution in [2.45, 2.75) is 45.8 Å². The van der Waals surface area contributed by atoms with Crippen LogP contribution in [0.1, 0.15) is 59.8 Å². The maximum Gasteiger partial charge on any atom is 0.490 e. The monoisotopic (exact) mass is 563 g/mol. The van der Waals surface area contributed by atoms with E-state index in [1.54, 1.807) is 12.5 Å². The number of nitrogens with one attached hydrogen (secondary N) is 1. The number of hydrogen-bond acceptors (Lipinski definition) is 6. The molecule has 2 N–H and O–H groups in total. The third-order valence-corrected chi connectivity index (χ3v) is 6.22. The lowest BCUT2D eigenvalue weighted by molar-refractivity contribution is -0.192. The lowest BCUT2D eigenvalue weighted by Gasteiger charge is -2.35. The molecule has 4 aromatic rings. The number of rotatable bonds is 3. The molecule has 0 fully saturated rings. The Morgan fingerprint density at radius 2 is 1.85 bits per heavy atom. The third-order valence-electron chi connectivity index (χ3n) is 5.96. The summed E-state index contributed by atoms with van der Waals surface area (Å²) in [6.07, 6.45) is -0.392. The summed E-state index contributed by atoms with van der Waals surface area (Å²) in [5.41, 5.74) is 4.68. The van der Waals surface area contributed by atoms with Crippen LogP contribution < -0.4 is 0 Å². The molecule has 206 valence electrons. The van der Waals surface area contributed by atoms with Gasteiger partial charge in [-0.15, -0.1) is 0 Å². The van der Waals surface area contributed by atoms with Gasteiger partial charge < -0.3 is 19.5 Å². The minimum absolute atomic E-state index is 0.0344. The second kappa shape index (κ2) is 10.7. The summed E-state index contributed by atoms with van der Waals surface area (Å²) in [4.78, 5) is 36.6. The number of alkyl halides is 3. The minimum Gasteiger partial charge on any atom is -0.475 e. The molecular weight excluding hydrogens is 539 g/mol. The Morgan fingerprint density at radius 1 is 1.18 bits per heavy atom. The predicted octanol–water partition coefficient (Wildman–Crippen LogP) is 5.61. The van der Waals surface area contributed by atoms with Crippen molar-refractivity contribution in [1.29, 1.82) is 0 Å². The van der Waals surface area contributed by atoms with Crippen molar-refractivity contribution in [3.05, 3.63) is 76.1 Å². The Morgan fingerprint density at radius 3 is 2.46 bits per heavy atom. The van der Waals surface area contributed by atoms with E-state index in [4.69, 9.17) is 26.0 Å². The molecule has 0 saturated carbocycles. The summed E-state index contributed by atoms with van der Waals surface area (Å²) in [6, 6.07) is 9.11. The highest BCUT2D eigenvalue weighted by Gasteiger charge is 2.38. The molecule has 0 radical (unpaired) electrons. The topological polar surface area (TPSA) is 125 Å². The molecule has 1 aromatic carbocycles. The van der Waals surface area contributed by atoms with Crippen LogP contribution in [0.15, 0.2) is 47.4 Å². The summed E-state index contributed by atoms with van der Waals surface area (Å²) in [6.45, 7) is 6.99. The number of halogens is 4. The number of imidazole rings is 1. The molecule has 1 aliphatic heterocycles. The molecular formula is C26H25ClF3N5O4. The standard InChI is InChI=1S/C24H24ClN5O2.C2HF3O2/c1-24(2,3)11-19-17-10-15(12-26-22(17)32-29-19)23(31)30-9-8-18-20(28-13-27-18)21(30)14-4-6-16(25)7-5-14;3-2(4,5)1(6)7/h4-7,10,12-13,21H,8-9,11H2,1-3H3,(H,27,28);(H,6,7). The quantitative estimate of drug-likeness (QED) is 0.332. The number of benzene rings is 1. The summed E-state index contributed by atoms with van der Waals surface area (Å²) in [5.74, 6) is -2.86. The number of carboxylic acid groups (broad SMARTS) is 1. The Balaban J connectivity index is 0.000000448. The van der Waals surface area contributed by atoms with Crippen molar-refractivity contribution in [3.8, 4) is 0 Å². The van der Waals surface area contributed by atoms with Gasteiger partial charge in [0, 0.05) is 29.9 Å². The zero-order valence-corrected chi connectivity index (χ0v) is 22.0. The molecule has 0 saturated heterocycles. The van der Waals surface area contributed by atoms with E-state index in [0.717, 1.165) is 34.5 Å². The van der Waals surface area contributed by atoms with Crippen LogP contribution in [-0.4, -0.2) is 54.7 Å². The molecule has 39 heavy (non-hydrogen) atoms. The summed E-state index contributed by atoms with van der Waals surface area (Å²) in [7, 11) is 0. The molecule has 0 spiro atoms. The van der Waals surface area contributed by atoms with Gasteiger partial charge in [0.25, 0.3) is 11.6 Å². The number of nitrogens with zero attached hydrogens (tertiary/aromatic N) is 4. The number of hydrogen-bond donors (Lipinski definition) is 2. The molecule has 3 aromatic heterocycles. The average Bonchev–Trinajstić information content (AvgIpc) is 3.49. The maximum atomic E-state index is 13.7. The van der Waals surface area contributed by atoms with Crippen molar-refractivity contribution in [3.63, 3.8) is 0 Å². The maximum absolute atomic E-state index is 13.7. The summed E-state index contributed by atoms with van der Waals surface area (Å²) >= 11 is 6.10. The van der Waals surface area contributed by atoms with Crippen LogP contribution in [0.5, 0.6) is 0 Å². The fraction of sp³-hybridized carbons (Fsp3) is 0.346. The third kappa shape index (κ3) is 6.39. The van der Waals surface area contributed by atoms with Gasteiger partial charge in [-0.25, -0.2) is 14.8 Å². The fourth-order valence-corrected chi connectivity index (χ4v) is 4.40. The number of amides is 1. The van der Waals surface area contributed by atoms with Gasteiger partial charge in [-0.05, 0) is 35.6 Å². The first kappa shape index (κ1) is 28.1. The first-order valence-corrected chi connectivity index (χ1v) is 12.3. The molecule has 1 aliphatic rings. The Kier molecular flexibility index (Phi) is 7.69. The normalized spacial score (nSPS) is 15.5. The van der Waals surface area contributed by atoms with E-state index in [1.165, 1.54) is 0 Å². The highest BCUT2D eigenvalue weighted by molar-refractivity contribution is 6.30. The first-order valence-electron chi connectivity index (χ1n) is 11.9. The van der Waals surface area contributed by atoms with Gasteiger partial charge in [0.2, 0.25) is 0 Å². The van der Waals surface area contributed by atoms with Crippen LogP contribution in [0.2, 0.25) is 5.02 Å².